The van der Waals surface area contributed by atoms with E-state index in [1.54, 1.807) is 24.1 Å². The number of carbonyl (C=O) groups excluding carboxylic acids is 1. The van der Waals surface area contributed by atoms with Crippen LogP contribution >= 0.6 is 27.3 Å². The predicted molar refractivity (Wildman–Crippen MR) is 79.0 cm³/mol. The molecule has 96 valence electrons. The first-order valence-corrected chi connectivity index (χ1v) is 7.21. The van der Waals surface area contributed by atoms with Crippen LogP contribution in [0.15, 0.2) is 40.2 Å². The maximum atomic E-state index is 12.1. The van der Waals surface area contributed by atoms with Crippen molar-refractivity contribution >= 4 is 33.2 Å². The van der Waals surface area contributed by atoms with Crippen LogP contribution < -0.4 is 0 Å². The molecule has 0 spiro atoms. The van der Waals surface area contributed by atoms with Crippen molar-refractivity contribution in [1.29, 1.82) is 5.26 Å². The molecule has 0 fully saturated rings. The lowest BCUT2D eigenvalue weighted by molar-refractivity contribution is 0.0790. The van der Waals surface area contributed by atoms with Crippen LogP contribution in [0.2, 0.25) is 0 Å². The van der Waals surface area contributed by atoms with Crippen molar-refractivity contribution in [3.05, 3.63) is 56.2 Å². The van der Waals surface area contributed by atoms with Crippen LogP contribution in [0.25, 0.3) is 0 Å². The number of nitrogens with zero attached hydrogens (tertiary/aromatic N) is 2. The lowest BCUT2D eigenvalue weighted by Gasteiger charge is -2.16. The van der Waals surface area contributed by atoms with Crippen molar-refractivity contribution in [3.63, 3.8) is 0 Å². The zero-order chi connectivity index (χ0) is 13.8. The summed E-state index contributed by atoms with van der Waals surface area (Å²) >= 11 is 4.77. The first-order chi connectivity index (χ1) is 9.10. The van der Waals surface area contributed by atoms with Crippen molar-refractivity contribution in [2.24, 2.45) is 0 Å². The van der Waals surface area contributed by atoms with Crippen molar-refractivity contribution in [2.75, 3.05) is 7.05 Å². The zero-order valence-electron chi connectivity index (χ0n) is 10.3. The number of rotatable bonds is 3. The minimum atomic E-state index is 0.0000553. The quantitative estimate of drug-likeness (QED) is 0.859. The van der Waals surface area contributed by atoms with Gasteiger partial charge >= 0.3 is 0 Å². The van der Waals surface area contributed by atoms with Crippen LogP contribution in [0.4, 0.5) is 0 Å². The lowest BCUT2D eigenvalue weighted by atomic mass is 10.1. The van der Waals surface area contributed by atoms with E-state index in [4.69, 9.17) is 5.26 Å². The molecule has 3 nitrogen and oxygen atoms in total. The molecule has 0 unspecified atom stereocenters. The maximum absolute atomic E-state index is 12.1. The fourth-order valence-electron chi connectivity index (χ4n) is 1.65. The number of hydrogen-bond donors (Lipinski definition) is 0. The Morgan fingerprint density at radius 3 is 2.53 bits per heavy atom. The van der Waals surface area contributed by atoms with Gasteiger partial charge in [-0.1, -0.05) is 12.1 Å². The second-order valence-electron chi connectivity index (χ2n) is 4.07. The lowest BCUT2D eigenvalue weighted by Crippen LogP contribution is -2.25. The molecule has 0 saturated heterocycles. The zero-order valence-corrected chi connectivity index (χ0v) is 12.7. The molecule has 1 heterocycles. The van der Waals surface area contributed by atoms with Gasteiger partial charge in [-0.2, -0.15) is 5.26 Å². The minimum Gasteiger partial charge on any atom is -0.337 e. The SMILES string of the molecule is CN(Cc1ccc(C#N)cc1)C(=O)c1ccc(Br)s1. The number of carbonyl (C=O) groups is 1. The largest absolute Gasteiger partial charge is 0.337 e. The fraction of sp³-hybridized carbons (Fsp3) is 0.143. The second kappa shape index (κ2) is 6.00. The highest BCUT2D eigenvalue weighted by Gasteiger charge is 2.13. The Kier molecular flexibility index (Phi) is 4.35. The van der Waals surface area contributed by atoms with E-state index in [-0.39, 0.29) is 5.91 Å². The average Bonchev–Trinajstić information content (AvgIpc) is 2.85. The van der Waals surface area contributed by atoms with E-state index in [1.165, 1.54) is 11.3 Å². The van der Waals surface area contributed by atoms with Gasteiger partial charge in [0.1, 0.15) is 0 Å². The smallest absolute Gasteiger partial charge is 0.264 e. The van der Waals surface area contributed by atoms with E-state index < -0.39 is 0 Å². The number of amides is 1. The van der Waals surface area contributed by atoms with Gasteiger partial charge in [0.05, 0.1) is 20.3 Å². The molecule has 0 radical (unpaired) electrons. The molecule has 0 aliphatic carbocycles. The number of halogens is 1. The van der Waals surface area contributed by atoms with E-state index in [2.05, 4.69) is 22.0 Å². The third-order valence-electron chi connectivity index (χ3n) is 2.63. The molecule has 0 N–H and O–H groups in total. The molecule has 1 aromatic carbocycles. The van der Waals surface area contributed by atoms with Crippen LogP contribution in [0.1, 0.15) is 20.8 Å². The monoisotopic (exact) mass is 334 g/mol. The number of benzene rings is 1. The van der Waals surface area contributed by atoms with Crippen molar-refractivity contribution in [3.8, 4) is 6.07 Å². The van der Waals surface area contributed by atoms with E-state index in [9.17, 15) is 4.79 Å². The third-order valence-corrected chi connectivity index (χ3v) is 4.25. The summed E-state index contributed by atoms with van der Waals surface area (Å²) in [6.07, 6.45) is 0. The molecule has 0 aliphatic heterocycles. The summed E-state index contributed by atoms with van der Waals surface area (Å²) in [6, 6.07) is 13.0. The Bertz CT molecular complexity index is 628. The van der Waals surface area contributed by atoms with Crippen molar-refractivity contribution < 1.29 is 4.79 Å². The highest BCUT2D eigenvalue weighted by atomic mass is 79.9. The molecular weight excluding hydrogens is 324 g/mol. The summed E-state index contributed by atoms with van der Waals surface area (Å²) in [7, 11) is 1.77. The summed E-state index contributed by atoms with van der Waals surface area (Å²) < 4.78 is 0.947. The summed E-state index contributed by atoms with van der Waals surface area (Å²) in [4.78, 5) is 14.5. The molecule has 2 aromatic rings. The first-order valence-electron chi connectivity index (χ1n) is 5.60. The number of hydrogen-bond acceptors (Lipinski definition) is 3. The van der Waals surface area contributed by atoms with E-state index >= 15 is 0 Å². The Balaban J connectivity index is 2.06. The van der Waals surface area contributed by atoms with Crippen molar-refractivity contribution in [1.82, 2.24) is 4.90 Å². The highest BCUT2D eigenvalue weighted by Crippen LogP contribution is 2.23. The molecule has 5 heteroatoms. The van der Waals surface area contributed by atoms with Crippen LogP contribution in [-0.4, -0.2) is 17.9 Å². The average molecular weight is 335 g/mol. The van der Waals surface area contributed by atoms with Crippen LogP contribution in [-0.2, 0) is 6.54 Å². The second-order valence-corrected chi connectivity index (χ2v) is 6.54. The normalized spacial score (nSPS) is 9.95. The topological polar surface area (TPSA) is 44.1 Å². The van der Waals surface area contributed by atoms with Gasteiger partial charge in [-0.05, 0) is 45.8 Å². The van der Waals surface area contributed by atoms with Gasteiger partial charge in [0.25, 0.3) is 5.91 Å². The van der Waals surface area contributed by atoms with Crippen LogP contribution in [0, 0.1) is 11.3 Å². The van der Waals surface area contributed by atoms with Crippen LogP contribution in [0.5, 0.6) is 0 Å². The van der Waals surface area contributed by atoms with Gasteiger partial charge in [0.15, 0.2) is 0 Å². The highest BCUT2D eigenvalue weighted by molar-refractivity contribution is 9.11. The molecule has 0 bridgehead atoms. The molecular formula is C14H11BrN2OS. The molecule has 0 aliphatic rings. The molecule has 1 amide bonds. The van der Waals surface area contributed by atoms with Gasteiger partial charge < -0.3 is 4.90 Å². The summed E-state index contributed by atoms with van der Waals surface area (Å²) in [5.41, 5.74) is 1.63. The fourth-order valence-corrected chi connectivity index (χ4v) is 3.03. The minimum absolute atomic E-state index is 0.0000553. The Labute approximate surface area is 124 Å². The van der Waals surface area contributed by atoms with E-state index in [0.29, 0.717) is 17.0 Å². The molecule has 0 saturated carbocycles. The first kappa shape index (κ1) is 13.8. The van der Waals surface area contributed by atoms with E-state index in [0.717, 1.165) is 9.35 Å². The van der Waals surface area contributed by atoms with Crippen molar-refractivity contribution in [2.45, 2.75) is 6.54 Å². The molecule has 2 rings (SSSR count). The molecule has 1 aromatic heterocycles. The molecule has 19 heavy (non-hydrogen) atoms. The van der Waals surface area contributed by atoms with Gasteiger partial charge in [0, 0.05) is 13.6 Å². The van der Waals surface area contributed by atoms with E-state index in [1.807, 2.05) is 24.3 Å². The van der Waals surface area contributed by atoms with Gasteiger partial charge in [-0.25, -0.2) is 0 Å². The van der Waals surface area contributed by atoms with Gasteiger partial charge in [-0.15, -0.1) is 11.3 Å². The Morgan fingerprint density at radius 2 is 2.00 bits per heavy atom. The van der Waals surface area contributed by atoms with Gasteiger partial charge in [0.2, 0.25) is 0 Å². The standard InChI is InChI=1S/C14H11BrN2OS/c1-17(14(18)12-6-7-13(15)19-12)9-11-4-2-10(8-16)3-5-11/h2-7H,9H2,1H3. The summed E-state index contributed by atoms with van der Waals surface area (Å²) in [5.74, 6) is 0.0000553. The van der Waals surface area contributed by atoms with Crippen LogP contribution in [0.3, 0.4) is 0 Å². The number of nitriles is 1. The maximum Gasteiger partial charge on any atom is 0.264 e. The number of thiophene rings is 1. The predicted octanol–water partition coefficient (Wildman–Crippen LogP) is 3.65. The summed E-state index contributed by atoms with van der Waals surface area (Å²) in [5, 5.41) is 8.73. The summed E-state index contributed by atoms with van der Waals surface area (Å²) in [6.45, 7) is 0.528. The van der Waals surface area contributed by atoms with Gasteiger partial charge in [-0.3, -0.25) is 4.79 Å². The third kappa shape index (κ3) is 3.43. The Morgan fingerprint density at radius 1 is 1.32 bits per heavy atom. The Hall–Kier alpha value is -1.64. The molecule has 0 atom stereocenters.